The summed E-state index contributed by atoms with van der Waals surface area (Å²) in [6, 6.07) is 116. The van der Waals surface area contributed by atoms with E-state index in [1.807, 2.05) is 36.4 Å². The number of rotatable bonds is 9. The number of hydrogen-bond acceptors (Lipinski definition) is 2. The lowest BCUT2D eigenvalue weighted by atomic mass is 9.98. The SMILES string of the molecule is FC(F)(F)c1ccc(-c2ccc(-c3nc(-c4cc(-n5c6ccccc6c6cc(-c7ccc8c(c7)c7ccccc7n8-c7ccccc7)ccc65)cc(-n5c6ccccc6c6cc(-c7ccc8c(c7)c7ccccc7n8-c7ccccc7)ccc65)c4)nc4c3ccc3ccccc34)cc2)cc1. The number of benzene rings is 15. The summed E-state index contributed by atoms with van der Waals surface area (Å²) in [5.41, 5.74) is 21.4. The Morgan fingerprint density at radius 1 is 0.220 bits per heavy atom. The maximum atomic E-state index is 13.7. The van der Waals surface area contributed by atoms with Gasteiger partial charge < -0.3 is 18.3 Å². The van der Waals surface area contributed by atoms with Crippen molar-refractivity contribution in [1.82, 2.24) is 28.2 Å². The van der Waals surface area contributed by atoms with E-state index in [1.165, 1.54) is 33.7 Å². The van der Waals surface area contributed by atoms with Gasteiger partial charge in [0.05, 0.1) is 60.9 Å². The van der Waals surface area contributed by atoms with E-state index in [1.54, 1.807) is 0 Å². The molecule has 15 aromatic carbocycles. The lowest BCUT2D eigenvalue weighted by Crippen LogP contribution is -2.03. The van der Waals surface area contributed by atoms with Gasteiger partial charge in [0.1, 0.15) is 0 Å². The van der Waals surface area contributed by atoms with Crippen molar-refractivity contribution in [2.75, 3.05) is 0 Å². The van der Waals surface area contributed by atoms with E-state index in [0.29, 0.717) is 11.4 Å². The number of halogens is 3. The first-order valence-electron chi connectivity index (χ1n) is 33.6. The number of fused-ring (bicyclic) bond motifs is 15. The van der Waals surface area contributed by atoms with Crippen LogP contribution in [0.2, 0.25) is 0 Å². The molecule has 20 rings (SSSR count). The molecule has 0 aliphatic heterocycles. The Bertz CT molecular complexity index is 6440. The lowest BCUT2D eigenvalue weighted by molar-refractivity contribution is -0.137. The van der Waals surface area contributed by atoms with Crippen molar-refractivity contribution in [1.29, 1.82) is 0 Å². The molecule has 100 heavy (non-hydrogen) atoms. The average Bonchev–Trinajstić information content (AvgIpc) is 1.51. The molecule has 0 aliphatic carbocycles. The van der Waals surface area contributed by atoms with E-state index >= 15 is 0 Å². The van der Waals surface area contributed by atoms with Gasteiger partial charge in [0.25, 0.3) is 0 Å². The Labute approximate surface area is 571 Å². The van der Waals surface area contributed by atoms with Crippen molar-refractivity contribution >= 4 is 109 Å². The zero-order valence-electron chi connectivity index (χ0n) is 53.6. The minimum atomic E-state index is -4.43. The minimum absolute atomic E-state index is 0.535. The Hall–Kier alpha value is -13.1. The predicted octanol–water partition coefficient (Wildman–Crippen LogP) is 24.5. The molecule has 9 heteroatoms. The fraction of sp³-hybridized carbons (Fsp3) is 0.0110. The number of alkyl halides is 3. The van der Waals surface area contributed by atoms with Gasteiger partial charge in [0, 0.05) is 87.7 Å². The lowest BCUT2D eigenvalue weighted by Gasteiger charge is -2.17. The highest BCUT2D eigenvalue weighted by Gasteiger charge is 2.30. The summed E-state index contributed by atoms with van der Waals surface area (Å²) >= 11 is 0. The van der Waals surface area contributed by atoms with Crippen molar-refractivity contribution in [2.24, 2.45) is 0 Å². The van der Waals surface area contributed by atoms with Crippen LogP contribution in [0.5, 0.6) is 0 Å². The monoisotopic (exact) mass is 1290 g/mol. The molecular formula is C91H55F3N6. The number of nitrogens with zero attached hydrogens (tertiary/aromatic N) is 6. The van der Waals surface area contributed by atoms with Crippen molar-refractivity contribution < 1.29 is 13.2 Å². The van der Waals surface area contributed by atoms with E-state index in [9.17, 15) is 13.2 Å². The molecule has 0 amide bonds. The molecule has 0 saturated carbocycles. The minimum Gasteiger partial charge on any atom is -0.309 e. The largest absolute Gasteiger partial charge is 0.416 e. The molecular weight excluding hydrogens is 1230 g/mol. The maximum Gasteiger partial charge on any atom is 0.416 e. The van der Waals surface area contributed by atoms with Crippen LogP contribution in [-0.2, 0) is 6.18 Å². The number of aromatic nitrogens is 6. The molecule has 0 bridgehead atoms. The predicted molar refractivity (Wildman–Crippen MR) is 407 cm³/mol. The Morgan fingerprint density at radius 3 is 0.980 bits per heavy atom. The highest BCUT2D eigenvalue weighted by atomic mass is 19.4. The van der Waals surface area contributed by atoms with Gasteiger partial charge in [-0.3, -0.25) is 0 Å². The van der Waals surface area contributed by atoms with Crippen molar-refractivity contribution in [3.8, 4) is 78.8 Å². The van der Waals surface area contributed by atoms with Gasteiger partial charge in [-0.25, -0.2) is 9.97 Å². The van der Waals surface area contributed by atoms with Crippen LogP contribution in [-0.4, -0.2) is 28.2 Å². The summed E-state index contributed by atoms with van der Waals surface area (Å²) in [7, 11) is 0. The third-order valence-electron chi connectivity index (χ3n) is 20.4. The summed E-state index contributed by atoms with van der Waals surface area (Å²) in [5.74, 6) is 0.535. The second kappa shape index (κ2) is 22.2. The normalized spacial score (nSPS) is 12.2. The summed E-state index contributed by atoms with van der Waals surface area (Å²) in [4.78, 5) is 11.3. The summed E-state index contributed by atoms with van der Waals surface area (Å²) in [5, 5.41) is 12.2. The Morgan fingerprint density at radius 2 is 0.560 bits per heavy atom. The second-order valence-corrected chi connectivity index (χ2v) is 26.0. The van der Waals surface area contributed by atoms with Crippen LogP contribution in [0.3, 0.4) is 0 Å². The molecule has 0 radical (unpaired) electrons. The summed E-state index contributed by atoms with van der Waals surface area (Å²) < 4.78 is 50.6. The van der Waals surface area contributed by atoms with Crippen LogP contribution >= 0.6 is 0 Å². The van der Waals surface area contributed by atoms with Crippen molar-refractivity contribution in [3.05, 3.63) is 339 Å². The van der Waals surface area contributed by atoms with Gasteiger partial charge in [0.2, 0.25) is 0 Å². The topological polar surface area (TPSA) is 45.5 Å². The smallest absolute Gasteiger partial charge is 0.309 e. The zero-order chi connectivity index (χ0) is 66.3. The molecule has 6 nitrogen and oxygen atoms in total. The first-order chi connectivity index (χ1) is 49.2. The highest BCUT2D eigenvalue weighted by molar-refractivity contribution is 6.16. The van der Waals surface area contributed by atoms with E-state index < -0.39 is 11.7 Å². The van der Waals surface area contributed by atoms with Gasteiger partial charge in [-0.1, -0.05) is 200 Å². The van der Waals surface area contributed by atoms with E-state index in [0.717, 1.165) is 167 Å². The summed E-state index contributed by atoms with van der Waals surface area (Å²) in [6.45, 7) is 0. The van der Waals surface area contributed by atoms with Crippen LogP contribution in [0.4, 0.5) is 13.2 Å². The van der Waals surface area contributed by atoms with Gasteiger partial charge in [-0.05, 0) is 172 Å². The van der Waals surface area contributed by atoms with Gasteiger partial charge in [-0.2, -0.15) is 13.2 Å². The molecule has 0 spiro atoms. The molecule has 20 aromatic rings. The maximum absolute atomic E-state index is 13.7. The molecule has 0 fully saturated rings. The van der Waals surface area contributed by atoms with Crippen molar-refractivity contribution in [3.63, 3.8) is 0 Å². The van der Waals surface area contributed by atoms with E-state index in [-0.39, 0.29) is 0 Å². The van der Waals surface area contributed by atoms with Crippen molar-refractivity contribution in [2.45, 2.75) is 6.18 Å². The molecule has 5 heterocycles. The van der Waals surface area contributed by atoms with Crippen LogP contribution in [0.1, 0.15) is 5.56 Å². The fourth-order valence-electron chi connectivity index (χ4n) is 15.7. The average molecular weight is 1290 g/mol. The van der Waals surface area contributed by atoms with Crippen LogP contribution < -0.4 is 0 Å². The molecule has 0 saturated heterocycles. The zero-order valence-corrected chi connectivity index (χ0v) is 53.6. The van der Waals surface area contributed by atoms with Gasteiger partial charge >= 0.3 is 6.18 Å². The molecule has 5 aromatic heterocycles. The first kappa shape index (κ1) is 57.2. The molecule has 0 unspecified atom stereocenters. The molecule has 470 valence electrons. The van der Waals surface area contributed by atoms with Gasteiger partial charge in [0.15, 0.2) is 5.82 Å². The first-order valence-corrected chi connectivity index (χ1v) is 33.6. The Kier molecular flexibility index (Phi) is 12.7. The third-order valence-corrected chi connectivity index (χ3v) is 20.4. The number of para-hydroxylation sites is 6. The Balaban J connectivity index is 0.794. The molecule has 0 aliphatic rings. The number of hydrogen-bond donors (Lipinski definition) is 0. The highest BCUT2D eigenvalue weighted by Crippen LogP contribution is 2.44. The van der Waals surface area contributed by atoms with Gasteiger partial charge in [-0.15, -0.1) is 0 Å². The van der Waals surface area contributed by atoms with E-state index in [4.69, 9.17) is 9.97 Å². The third kappa shape index (κ3) is 9.05. The summed E-state index contributed by atoms with van der Waals surface area (Å²) in [6.07, 6.45) is -4.43. The van der Waals surface area contributed by atoms with Crippen LogP contribution in [0.15, 0.2) is 334 Å². The van der Waals surface area contributed by atoms with Crippen LogP contribution in [0, 0.1) is 0 Å². The van der Waals surface area contributed by atoms with E-state index in [2.05, 4.69) is 291 Å². The molecule has 0 N–H and O–H groups in total. The standard InChI is InChI=1S/C91H55F3N6/c92-91(93,94)65-42-35-57(36-43-65)56-31-33-59(34-32-56)88-75-44-37-58-17-7-8-22-70(58)89(75)96-90(95-88)64-49-68(99-82-29-15-11-25-73(82)78-53-62(40-47-86(78)99)60-38-45-84-76(51-60)71-23-9-13-27-80(71)97(84)66-18-3-1-4-19-66)55-69(50-64)100-83-30-16-12-26-74(83)79-54-63(41-48-87(79)100)61-39-46-85-77(52-61)72-24-10-14-28-81(72)98(85)67-20-5-2-6-21-67/h1-55H. The quantitative estimate of drug-likeness (QED) is 0.135. The molecule has 0 atom stereocenters. The second-order valence-electron chi connectivity index (χ2n) is 26.0. The fourth-order valence-corrected chi connectivity index (χ4v) is 15.7. The van der Waals surface area contributed by atoms with Crippen LogP contribution in [0.25, 0.3) is 188 Å².